The monoisotopic (exact) mass is 202 g/mol. The molecule has 1 aromatic heterocycles. The molecule has 0 aliphatic carbocycles. The SMILES string of the molecule is NC(=O)Oc1cscc1OC(N)=O. The van der Waals surface area contributed by atoms with Gasteiger partial charge >= 0.3 is 12.2 Å². The third kappa shape index (κ3) is 2.64. The molecule has 0 atom stereocenters. The average molecular weight is 202 g/mol. The third-order valence-corrected chi connectivity index (χ3v) is 1.71. The van der Waals surface area contributed by atoms with Crippen molar-refractivity contribution in [1.29, 1.82) is 0 Å². The van der Waals surface area contributed by atoms with Crippen LogP contribution >= 0.6 is 11.3 Å². The van der Waals surface area contributed by atoms with Gasteiger partial charge in [-0.1, -0.05) is 0 Å². The predicted molar refractivity (Wildman–Crippen MR) is 44.7 cm³/mol. The van der Waals surface area contributed by atoms with Gasteiger partial charge in [0, 0.05) is 10.8 Å². The summed E-state index contributed by atoms with van der Waals surface area (Å²) in [5.41, 5.74) is 9.51. The molecule has 0 unspecified atom stereocenters. The highest BCUT2D eigenvalue weighted by Gasteiger charge is 2.10. The highest BCUT2D eigenvalue weighted by molar-refractivity contribution is 7.08. The second kappa shape index (κ2) is 3.76. The second-order valence-corrected chi connectivity index (χ2v) is 2.69. The Balaban J connectivity index is 2.76. The van der Waals surface area contributed by atoms with Crippen molar-refractivity contribution in [1.82, 2.24) is 0 Å². The zero-order valence-electron chi connectivity index (χ0n) is 6.35. The van der Waals surface area contributed by atoms with Crippen molar-refractivity contribution in [3.63, 3.8) is 0 Å². The summed E-state index contributed by atoms with van der Waals surface area (Å²) in [6.07, 6.45) is -1.96. The van der Waals surface area contributed by atoms with Crippen molar-refractivity contribution in [3.05, 3.63) is 10.8 Å². The maximum atomic E-state index is 10.3. The molecular formula is C6H6N2O4S. The zero-order chi connectivity index (χ0) is 9.84. The van der Waals surface area contributed by atoms with Crippen LogP contribution in [0.1, 0.15) is 0 Å². The van der Waals surface area contributed by atoms with Gasteiger partial charge in [-0.25, -0.2) is 9.59 Å². The first-order chi connectivity index (χ1) is 6.09. The molecule has 0 aromatic carbocycles. The van der Waals surface area contributed by atoms with Gasteiger partial charge in [-0.15, -0.1) is 11.3 Å². The molecular weight excluding hydrogens is 196 g/mol. The predicted octanol–water partition coefficient (Wildman–Crippen LogP) is 0.663. The number of primary amides is 2. The lowest BCUT2D eigenvalue weighted by molar-refractivity contribution is 0.200. The summed E-state index contributed by atoms with van der Waals surface area (Å²) in [6, 6.07) is 0. The van der Waals surface area contributed by atoms with E-state index in [-0.39, 0.29) is 11.5 Å². The molecule has 1 rings (SSSR count). The van der Waals surface area contributed by atoms with Crippen LogP contribution in [0, 0.1) is 0 Å². The van der Waals surface area contributed by atoms with Crippen molar-refractivity contribution < 1.29 is 19.1 Å². The number of hydrogen-bond donors (Lipinski definition) is 2. The van der Waals surface area contributed by atoms with Crippen LogP contribution in [0.5, 0.6) is 11.5 Å². The molecule has 7 heteroatoms. The molecule has 70 valence electrons. The van der Waals surface area contributed by atoms with Crippen molar-refractivity contribution >= 4 is 23.5 Å². The topological polar surface area (TPSA) is 105 Å². The van der Waals surface area contributed by atoms with Gasteiger partial charge in [0.2, 0.25) is 0 Å². The van der Waals surface area contributed by atoms with Gasteiger partial charge in [-0.2, -0.15) is 0 Å². The van der Waals surface area contributed by atoms with E-state index in [0.717, 1.165) is 0 Å². The van der Waals surface area contributed by atoms with E-state index in [4.69, 9.17) is 11.5 Å². The van der Waals surface area contributed by atoms with Gasteiger partial charge in [0.25, 0.3) is 0 Å². The molecule has 0 fully saturated rings. The zero-order valence-corrected chi connectivity index (χ0v) is 7.17. The van der Waals surface area contributed by atoms with Gasteiger partial charge < -0.3 is 20.9 Å². The van der Waals surface area contributed by atoms with E-state index in [1.165, 1.54) is 22.1 Å². The fraction of sp³-hybridized carbons (Fsp3) is 0. The van der Waals surface area contributed by atoms with Crippen LogP contribution in [-0.4, -0.2) is 12.2 Å². The Morgan fingerprint density at radius 2 is 1.46 bits per heavy atom. The van der Waals surface area contributed by atoms with Crippen LogP contribution < -0.4 is 20.9 Å². The van der Waals surface area contributed by atoms with Gasteiger partial charge in [0.05, 0.1) is 0 Å². The summed E-state index contributed by atoms with van der Waals surface area (Å²) >= 11 is 1.18. The van der Waals surface area contributed by atoms with Gasteiger partial charge in [0.1, 0.15) is 0 Å². The summed E-state index contributed by atoms with van der Waals surface area (Å²) in [7, 11) is 0. The summed E-state index contributed by atoms with van der Waals surface area (Å²) in [5.74, 6) is 0.160. The molecule has 1 heterocycles. The number of hydrogen-bond acceptors (Lipinski definition) is 5. The first-order valence-electron chi connectivity index (χ1n) is 3.10. The lowest BCUT2D eigenvalue weighted by Crippen LogP contribution is -2.19. The fourth-order valence-electron chi connectivity index (χ4n) is 0.639. The van der Waals surface area contributed by atoms with Crippen LogP contribution in [0.3, 0.4) is 0 Å². The normalized spacial score (nSPS) is 9.23. The third-order valence-electron chi connectivity index (χ3n) is 1.01. The number of carbonyl (C=O) groups is 2. The number of carbonyl (C=O) groups excluding carboxylic acids is 2. The van der Waals surface area contributed by atoms with Gasteiger partial charge in [-0.05, 0) is 0 Å². The Morgan fingerprint density at radius 1 is 1.08 bits per heavy atom. The summed E-state index contributed by atoms with van der Waals surface area (Å²) in [4.78, 5) is 20.7. The molecule has 0 saturated heterocycles. The largest absolute Gasteiger partial charge is 0.410 e. The summed E-state index contributed by atoms with van der Waals surface area (Å²) < 4.78 is 9.01. The first-order valence-corrected chi connectivity index (χ1v) is 4.04. The summed E-state index contributed by atoms with van der Waals surface area (Å²) in [5, 5.41) is 2.92. The molecule has 1 aromatic rings. The van der Waals surface area contributed by atoms with Crippen molar-refractivity contribution in [3.8, 4) is 11.5 Å². The Bertz CT molecular complexity index is 305. The average Bonchev–Trinajstić information content (AvgIpc) is 2.34. The number of ether oxygens (including phenoxy) is 2. The van der Waals surface area contributed by atoms with E-state index in [1.54, 1.807) is 0 Å². The van der Waals surface area contributed by atoms with Crippen LogP contribution in [0.4, 0.5) is 9.59 Å². The molecule has 4 N–H and O–H groups in total. The minimum absolute atomic E-state index is 0.0799. The van der Waals surface area contributed by atoms with E-state index in [0.29, 0.717) is 0 Å². The smallest absolute Gasteiger partial charge is 0.406 e. The maximum absolute atomic E-state index is 10.3. The molecule has 0 radical (unpaired) electrons. The van der Waals surface area contributed by atoms with E-state index in [1.807, 2.05) is 0 Å². The standard InChI is InChI=1S/C6H6N2O4S/c7-5(9)11-3-1-13-2-4(3)12-6(8)10/h1-2H,(H2,7,9)(H2,8,10). The molecule has 0 aliphatic rings. The maximum Gasteiger partial charge on any atom is 0.410 e. The van der Waals surface area contributed by atoms with E-state index >= 15 is 0 Å². The number of nitrogens with two attached hydrogens (primary N) is 2. The number of thiophene rings is 1. The molecule has 13 heavy (non-hydrogen) atoms. The van der Waals surface area contributed by atoms with Gasteiger partial charge in [-0.3, -0.25) is 0 Å². The van der Waals surface area contributed by atoms with Crippen LogP contribution in [0.2, 0.25) is 0 Å². The van der Waals surface area contributed by atoms with Crippen LogP contribution in [-0.2, 0) is 0 Å². The quantitative estimate of drug-likeness (QED) is 0.734. The van der Waals surface area contributed by atoms with Crippen LogP contribution in [0.25, 0.3) is 0 Å². The van der Waals surface area contributed by atoms with Gasteiger partial charge in [0.15, 0.2) is 11.5 Å². The highest BCUT2D eigenvalue weighted by atomic mass is 32.1. The summed E-state index contributed by atoms with van der Waals surface area (Å²) in [6.45, 7) is 0. The lowest BCUT2D eigenvalue weighted by Gasteiger charge is -2.01. The number of rotatable bonds is 2. The minimum atomic E-state index is -0.979. The lowest BCUT2D eigenvalue weighted by atomic mass is 10.5. The second-order valence-electron chi connectivity index (χ2n) is 1.94. The molecule has 0 spiro atoms. The fourth-order valence-corrected chi connectivity index (χ4v) is 1.28. The first kappa shape index (κ1) is 9.33. The minimum Gasteiger partial charge on any atom is -0.406 e. The molecule has 0 saturated carbocycles. The molecule has 6 nitrogen and oxygen atoms in total. The molecule has 0 aliphatic heterocycles. The Hall–Kier alpha value is -1.76. The molecule has 0 bridgehead atoms. The van der Waals surface area contributed by atoms with Crippen LogP contribution in [0.15, 0.2) is 10.8 Å². The van der Waals surface area contributed by atoms with Crippen molar-refractivity contribution in [2.75, 3.05) is 0 Å². The van der Waals surface area contributed by atoms with Crippen molar-refractivity contribution in [2.24, 2.45) is 11.5 Å². The highest BCUT2D eigenvalue weighted by Crippen LogP contribution is 2.31. The van der Waals surface area contributed by atoms with E-state index < -0.39 is 12.2 Å². The Labute approximate surface area is 77.0 Å². The molecule has 2 amide bonds. The Kier molecular flexibility index (Phi) is 2.70. The number of amides is 2. The van der Waals surface area contributed by atoms with E-state index in [9.17, 15) is 9.59 Å². The van der Waals surface area contributed by atoms with E-state index in [2.05, 4.69) is 9.47 Å². The van der Waals surface area contributed by atoms with Crippen molar-refractivity contribution in [2.45, 2.75) is 0 Å². The Morgan fingerprint density at radius 3 is 1.77 bits per heavy atom.